The molecular weight excluding hydrogens is 481 g/mol. The van der Waals surface area contributed by atoms with Crippen molar-refractivity contribution in [2.45, 2.75) is 37.4 Å². The van der Waals surface area contributed by atoms with Gasteiger partial charge in [0.1, 0.15) is 11.5 Å². The second-order valence-electron chi connectivity index (χ2n) is 7.75. The molecule has 35 heavy (non-hydrogen) atoms. The van der Waals surface area contributed by atoms with Crippen LogP contribution in [0, 0.1) is 6.92 Å². The Morgan fingerprint density at radius 3 is 2.37 bits per heavy atom. The van der Waals surface area contributed by atoms with Crippen LogP contribution in [0.15, 0.2) is 71.6 Å². The maximum atomic E-state index is 13.2. The molecule has 3 aromatic carbocycles. The Hall–Kier alpha value is -3.33. The number of para-hydroxylation sites is 1. The summed E-state index contributed by atoms with van der Waals surface area (Å²) in [5.41, 5.74) is 0.0122. The first-order chi connectivity index (χ1) is 16.6. The first-order valence-electron chi connectivity index (χ1n) is 10.8. The van der Waals surface area contributed by atoms with Crippen LogP contribution in [0.25, 0.3) is 0 Å². The predicted octanol–water partition coefficient (Wildman–Crippen LogP) is 7.22. The van der Waals surface area contributed by atoms with Crippen molar-refractivity contribution in [1.82, 2.24) is 0 Å². The largest absolute Gasteiger partial charge is 0.487 e. The van der Waals surface area contributed by atoms with Crippen molar-refractivity contribution in [3.63, 3.8) is 0 Å². The molecule has 0 bridgehead atoms. The van der Waals surface area contributed by atoms with Gasteiger partial charge < -0.3 is 19.3 Å². The van der Waals surface area contributed by atoms with Crippen LogP contribution in [0.3, 0.4) is 0 Å². The molecule has 0 aliphatic carbocycles. The summed E-state index contributed by atoms with van der Waals surface area (Å²) in [6.45, 7) is 3.28. The van der Waals surface area contributed by atoms with Gasteiger partial charge in [0.2, 0.25) is 0 Å². The molecule has 186 valence electrons. The van der Waals surface area contributed by atoms with Gasteiger partial charge in [0.15, 0.2) is 18.1 Å². The van der Waals surface area contributed by atoms with Gasteiger partial charge in [-0.15, -0.1) is 11.8 Å². The normalized spacial score (nSPS) is 12.1. The number of carboxylic acid groups (broad SMARTS) is 1. The average molecular weight is 507 g/mol. The number of ether oxygens (including phenoxy) is 3. The number of hydrogen-bond donors (Lipinski definition) is 1. The van der Waals surface area contributed by atoms with Gasteiger partial charge in [0.25, 0.3) is 0 Å². The van der Waals surface area contributed by atoms with Crippen LogP contribution in [0.1, 0.15) is 24.5 Å². The van der Waals surface area contributed by atoms with Gasteiger partial charge in [-0.25, -0.2) is 4.79 Å². The number of alkyl halides is 3. The Labute approximate surface area is 205 Å². The smallest absolute Gasteiger partial charge is 0.416 e. The highest BCUT2D eigenvalue weighted by molar-refractivity contribution is 7.99. The molecule has 0 radical (unpaired) electrons. The lowest BCUT2D eigenvalue weighted by Crippen LogP contribution is -2.14. The summed E-state index contributed by atoms with van der Waals surface area (Å²) >= 11 is 1.59. The fraction of sp³-hybridized carbons (Fsp3) is 0.269. The molecule has 1 N–H and O–H groups in total. The molecule has 0 aliphatic heterocycles. The van der Waals surface area contributed by atoms with Crippen LogP contribution in [0.4, 0.5) is 13.2 Å². The van der Waals surface area contributed by atoms with Crippen LogP contribution in [-0.2, 0) is 11.0 Å². The summed E-state index contributed by atoms with van der Waals surface area (Å²) in [5.74, 6) is 0.814. The lowest BCUT2D eigenvalue weighted by Gasteiger charge is -2.19. The van der Waals surface area contributed by atoms with E-state index in [9.17, 15) is 18.0 Å². The van der Waals surface area contributed by atoms with E-state index >= 15 is 0 Å². The fourth-order valence-corrected chi connectivity index (χ4v) is 4.22. The van der Waals surface area contributed by atoms with Gasteiger partial charge in [-0.2, -0.15) is 13.2 Å². The minimum absolute atomic E-state index is 0.00176. The van der Waals surface area contributed by atoms with Gasteiger partial charge in [-0.05, 0) is 74.4 Å². The Kier molecular flexibility index (Phi) is 8.92. The highest BCUT2D eigenvalue weighted by atomic mass is 32.2. The molecule has 5 nitrogen and oxygen atoms in total. The first kappa shape index (κ1) is 26.3. The standard InChI is InChI=1S/C26H25F3O5S/c1-17-14-21(9-11-22(17)32-16-25(30)31)35-13-12-18(2)33-23-10-8-19(26(27,28)29)15-24(23)34-20-6-4-3-5-7-20/h3-11,14-15,18H,12-13,16H2,1-2H3,(H,30,31)/t18-/m1/s1. The van der Waals surface area contributed by atoms with E-state index in [1.54, 1.807) is 48.2 Å². The van der Waals surface area contributed by atoms with Crippen molar-refractivity contribution < 1.29 is 37.3 Å². The molecule has 0 spiro atoms. The SMILES string of the molecule is Cc1cc(SCC[C@@H](C)Oc2ccc(C(F)(F)F)cc2Oc2ccccc2)ccc1OCC(=O)O. The summed E-state index contributed by atoms with van der Waals surface area (Å²) in [5, 5.41) is 8.74. The number of hydrogen-bond acceptors (Lipinski definition) is 5. The molecule has 0 aliphatic rings. The zero-order valence-corrected chi connectivity index (χ0v) is 20.0. The predicted molar refractivity (Wildman–Crippen MR) is 128 cm³/mol. The Bertz CT molecular complexity index is 1140. The summed E-state index contributed by atoms with van der Waals surface area (Å²) in [7, 11) is 0. The van der Waals surface area contributed by atoms with Crippen molar-refractivity contribution in [3.05, 3.63) is 77.9 Å². The number of carboxylic acids is 1. The van der Waals surface area contributed by atoms with E-state index in [-0.39, 0.29) is 17.6 Å². The van der Waals surface area contributed by atoms with Crippen molar-refractivity contribution >= 4 is 17.7 Å². The number of thioether (sulfide) groups is 1. The molecule has 0 saturated heterocycles. The van der Waals surface area contributed by atoms with E-state index in [4.69, 9.17) is 19.3 Å². The molecule has 3 aromatic rings. The van der Waals surface area contributed by atoms with E-state index in [0.717, 1.165) is 22.6 Å². The lowest BCUT2D eigenvalue weighted by atomic mass is 10.2. The fourth-order valence-electron chi connectivity index (χ4n) is 3.11. The minimum Gasteiger partial charge on any atom is -0.487 e. The van der Waals surface area contributed by atoms with E-state index in [1.165, 1.54) is 6.07 Å². The van der Waals surface area contributed by atoms with Crippen molar-refractivity contribution in [2.24, 2.45) is 0 Å². The second-order valence-corrected chi connectivity index (χ2v) is 8.92. The van der Waals surface area contributed by atoms with Gasteiger partial charge in [0, 0.05) is 10.6 Å². The minimum atomic E-state index is -4.50. The zero-order valence-electron chi connectivity index (χ0n) is 19.2. The number of halogens is 3. The highest BCUT2D eigenvalue weighted by Crippen LogP contribution is 2.39. The molecule has 0 saturated carbocycles. The maximum Gasteiger partial charge on any atom is 0.416 e. The van der Waals surface area contributed by atoms with Crippen LogP contribution in [0.5, 0.6) is 23.0 Å². The Morgan fingerprint density at radius 1 is 1.00 bits per heavy atom. The summed E-state index contributed by atoms with van der Waals surface area (Å²) < 4.78 is 56.6. The van der Waals surface area contributed by atoms with Gasteiger partial charge in [-0.1, -0.05) is 18.2 Å². The molecule has 0 fully saturated rings. The quantitative estimate of drug-likeness (QED) is 0.277. The van der Waals surface area contributed by atoms with Crippen LogP contribution in [0.2, 0.25) is 0 Å². The van der Waals surface area contributed by atoms with Crippen molar-refractivity contribution in [2.75, 3.05) is 12.4 Å². The summed E-state index contributed by atoms with van der Waals surface area (Å²) in [4.78, 5) is 11.6. The topological polar surface area (TPSA) is 65.0 Å². The average Bonchev–Trinajstić information content (AvgIpc) is 2.79. The van der Waals surface area contributed by atoms with Gasteiger partial charge >= 0.3 is 12.1 Å². The molecule has 0 aromatic heterocycles. The third-order valence-electron chi connectivity index (χ3n) is 4.86. The Morgan fingerprint density at radius 2 is 1.71 bits per heavy atom. The van der Waals surface area contributed by atoms with Crippen LogP contribution >= 0.6 is 11.8 Å². The second kappa shape index (κ2) is 11.9. The number of benzene rings is 3. The molecular formula is C26H25F3O5S. The highest BCUT2D eigenvalue weighted by Gasteiger charge is 2.31. The molecule has 0 unspecified atom stereocenters. The lowest BCUT2D eigenvalue weighted by molar-refractivity contribution is -0.139. The first-order valence-corrected chi connectivity index (χ1v) is 11.8. The molecule has 3 rings (SSSR count). The van der Waals surface area contributed by atoms with Crippen LogP contribution < -0.4 is 14.2 Å². The monoisotopic (exact) mass is 506 g/mol. The van der Waals surface area contributed by atoms with Crippen LogP contribution in [-0.4, -0.2) is 29.5 Å². The Balaban J connectivity index is 1.61. The molecule has 0 amide bonds. The maximum absolute atomic E-state index is 13.2. The molecule has 0 heterocycles. The van der Waals surface area contributed by atoms with E-state index < -0.39 is 24.3 Å². The van der Waals surface area contributed by atoms with E-state index in [2.05, 4.69) is 0 Å². The number of aryl methyl sites for hydroxylation is 1. The third-order valence-corrected chi connectivity index (χ3v) is 5.89. The zero-order chi connectivity index (χ0) is 25.4. The number of carbonyl (C=O) groups is 1. The number of aliphatic carboxylic acids is 1. The van der Waals surface area contributed by atoms with E-state index in [0.29, 0.717) is 23.7 Å². The van der Waals surface area contributed by atoms with E-state index in [1.807, 2.05) is 26.0 Å². The molecule has 1 atom stereocenters. The molecule has 9 heteroatoms. The summed E-state index contributed by atoms with van der Waals surface area (Å²) in [6.07, 6.45) is -4.15. The van der Waals surface area contributed by atoms with Gasteiger partial charge in [-0.3, -0.25) is 0 Å². The summed E-state index contributed by atoms with van der Waals surface area (Å²) in [6, 6.07) is 17.3. The third kappa shape index (κ3) is 8.13. The van der Waals surface area contributed by atoms with Crippen molar-refractivity contribution in [1.29, 1.82) is 0 Å². The number of rotatable bonds is 11. The van der Waals surface area contributed by atoms with Gasteiger partial charge in [0.05, 0.1) is 11.7 Å². The van der Waals surface area contributed by atoms with Crippen molar-refractivity contribution in [3.8, 4) is 23.0 Å².